The Labute approximate surface area is 433 Å². The molecule has 1 unspecified atom stereocenters. The molecule has 21 heteroatoms. The molecule has 0 aliphatic heterocycles. The summed E-state index contributed by atoms with van der Waals surface area (Å²) in [5.41, 5.74) is 7.14. The van der Waals surface area contributed by atoms with Crippen LogP contribution in [-0.4, -0.2) is 59.8 Å². The van der Waals surface area contributed by atoms with E-state index in [9.17, 15) is 14.4 Å². The van der Waals surface area contributed by atoms with Gasteiger partial charge in [0.05, 0.1) is 52.2 Å². The number of fused-ring (bicyclic) bond motifs is 9. The highest BCUT2D eigenvalue weighted by Crippen LogP contribution is 2.38. The molecule has 0 aliphatic rings. The molecule has 0 amide bonds. The first kappa shape index (κ1) is 46.5. The molecule has 0 fully saturated rings. The first-order valence-electron chi connectivity index (χ1n) is 23.3. The Morgan fingerprint density at radius 3 is 1.85 bits per heavy atom. The lowest BCUT2D eigenvalue weighted by Gasteiger charge is -2.19. The standard InChI is InChI=1S/C53H41Cl3N14O4/c1-25-8-7-9-40(60-25)69-43-35-21-29(55)11-17-38(35)66(5)45(43)48(63-52(69)72)59-23-31-13-14-32(24-58-31)68-42-34-20-28(54)10-16-37(34)67(6)46(42)49(64-51(68)71)62-27(3)33-15-19-41(61-26(33)2)70-44-36-22-30(56)12-18-39(36)74-47(44)50(57-4)65-53(70)73/h7-22,24,27H,23H2,1-6H3,(H,57,65,73)(H,59,63,72)(H,62,64,71). The van der Waals surface area contributed by atoms with Gasteiger partial charge in [-0.25, -0.2) is 33.5 Å². The summed E-state index contributed by atoms with van der Waals surface area (Å²) in [7, 11) is 5.48. The van der Waals surface area contributed by atoms with Crippen molar-refractivity contribution in [1.29, 1.82) is 0 Å². The van der Waals surface area contributed by atoms with Crippen molar-refractivity contribution in [2.45, 2.75) is 33.4 Å². The molecule has 368 valence electrons. The minimum Gasteiger partial charge on any atom is -0.450 e. The van der Waals surface area contributed by atoms with Crippen molar-refractivity contribution in [3.8, 4) is 17.3 Å². The number of halogens is 3. The van der Waals surface area contributed by atoms with Crippen LogP contribution in [0.3, 0.4) is 0 Å². The molecule has 12 aromatic rings. The molecule has 74 heavy (non-hydrogen) atoms. The first-order chi connectivity index (χ1) is 35.7. The Balaban J connectivity index is 0.889. The van der Waals surface area contributed by atoms with Crippen LogP contribution in [-0.2, 0) is 20.6 Å². The number of aromatic nitrogens is 11. The second-order valence-corrected chi connectivity index (χ2v) is 19.3. The highest BCUT2D eigenvalue weighted by Gasteiger charge is 2.26. The Morgan fingerprint density at radius 1 is 0.608 bits per heavy atom. The molecule has 0 spiro atoms. The molecule has 0 saturated carbocycles. The molecule has 1 atom stereocenters. The second kappa shape index (κ2) is 17.6. The van der Waals surface area contributed by atoms with Crippen LogP contribution < -0.4 is 33.0 Å². The van der Waals surface area contributed by atoms with Crippen LogP contribution in [0.25, 0.3) is 83.3 Å². The molecule has 3 aromatic carbocycles. The minimum atomic E-state index is -0.558. The van der Waals surface area contributed by atoms with E-state index in [1.165, 1.54) is 13.7 Å². The van der Waals surface area contributed by atoms with Crippen molar-refractivity contribution < 1.29 is 4.42 Å². The van der Waals surface area contributed by atoms with Crippen LogP contribution in [0.2, 0.25) is 15.1 Å². The molecule has 9 aromatic heterocycles. The van der Waals surface area contributed by atoms with E-state index in [-0.39, 0.29) is 6.54 Å². The number of hydrogen-bond donors (Lipinski definition) is 3. The predicted octanol–water partition coefficient (Wildman–Crippen LogP) is 10.1. The zero-order valence-electron chi connectivity index (χ0n) is 40.3. The lowest BCUT2D eigenvalue weighted by Crippen LogP contribution is -2.25. The summed E-state index contributed by atoms with van der Waals surface area (Å²) in [5.74, 6) is 1.75. The van der Waals surface area contributed by atoms with Crippen LogP contribution in [0.4, 0.5) is 17.5 Å². The van der Waals surface area contributed by atoms with E-state index < -0.39 is 23.1 Å². The highest BCUT2D eigenvalue weighted by molar-refractivity contribution is 6.33. The molecule has 18 nitrogen and oxygen atoms in total. The summed E-state index contributed by atoms with van der Waals surface area (Å²) in [6, 6.07) is 28.6. The topological polar surface area (TPSA) is 202 Å². The van der Waals surface area contributed by atoms with E-state index in [1.54, 1.807) is 67.8 Å². The Kier molecular flexibility index (Phi) is 11.0. The summed E-state index contributed by atoms with van der Waals surface area (Å²) in [6.45, 7) is 5.85. The average Bonchev–Trinajstić information content (AvgIpc) is 3.99. The first-order valence-corrected chi connectivity index (χ1v) is 24.4. The average molecular weight is 1040 g/mol. The molecular formula is C53H41Cl3N14O4. The van der Waals surface area contributed by atoms with Gasteiger partial charge in [-0.15, -0.1) is 0 Å². The maximum atomic E-state index is 14.5. The maximum Gasteiger partial charge on any atom is 0.356 e. The monoisotopic (exact) mass is 1040 g/mol. The molecule has 12 rings (SSSR count). The molecular weight excluding hydrogens is 1000 g/mol. The van der Waals surface area contributed by atoms with Crippen LogP contribution in [0.15, 0.2) is 122 Å². The number of hydrogen-bond acceptors (Lipinski definition) is 13. The highest BCUT2D eigenvalue weighted by atomic mass is 35.5. The van der Waals surface area contributed by atoms with Crippen molar-refractivity contribution in [3.63, 3.8) is 0 Å². The maximum absolute atomic E-state index is 14.5. The fourth-order valence-corrected chi connectivity index (χ4v) is 10.6. The Hall–Kier alpha value is -8.58. The quantitative estimate of drug-likeness (QED) is 0.117. The van der Waals surface area contributed by atoms with E-state index in [0.29, 0.717) is 105 Å². The predicted molar refractivity (Wildman–Crippen MR) is 292 cm³/mol. The molecule has 0 aliphatic carbocycles. The molecule has 0 saturated heterocycles. The number of nitrogens with zero attached hydrogens (tertiary/aromatic N) is 11. The number of aryl methyl sites for hydroxylation is 4. The van der Waals surface area contributed by atoms with Gasteiger partial charge in [-0.1, -0.05) is 46.9 Å². The Morgan fingerprint density at radius 2 is 1.20 bits per heavy atom. The van der Waals surface area contributed by atoms with Crippen molar-refractivity contribution in [2.24, 2.45) is 14.1 Å². The molecule has 9 heterocycles. The number of nitrogens with one attached hydrogen (secondary N) is 3. The van der Waals surface area contributed by atoms with Gasteiger partial charge < -0.3 is 29.5 Å². The van der Waals surface area contributed by atoms with Crippen LogP contribution in [0.1, 0.15) is 35.6 Å². The molecule has 0 bridgehead atoms. The third-order valence-corrected chi connectivity index (χ3v) is 14.1. The van der Waals surface area contributed by atoms with E-state index in [0.717, 1.165) is 33.1 Å². The zero-order chi connectivity index (χ0) is 51.4. The van der Waals surface area contributed by atoms with E-state index >= 15 is 0 Å². The van der Waals surface area contributed by atoms with Gasteiger partial charge in [0.25, 0.3) is 0 Å². The summed E-state index contributed by atoms with van der Waals surface area (Å²) >= 11 is 19.6. The number of anilines is 3. The summed E-state index contributed by atoms with van der Waals surface area (Å²) in [4.78, 5) is 69.9. The lowest BCUT2D eigenvalue weighted by atomic mass is 10.1. The van der Waals surface area contributed by atoms with Crippen LogP contribution >= 0.6 is 34.8 Å². The molecule has 3 N–H and O–H groups in total. The second-order valence-electron chi connectivity index (χ2n) is 17.9. The smallest absolute Gasteiger partial charge is 0.356 e. The number of furan rings is 1. The lowest BCUT2D eigenvalue weighted by molar-refractivity contribution is 0.664. The van der Waals surface area contributed by atoms with Crippen LogP contribution in [0, 0.1) is 13.8 Å². The fourth-order valence-electron chi connectivity index (χ4n) is 10.1. The summed E-state index contributed by atoms with van der Waals surface area (Å²) in [5, 5.41) is 13.4. The number of pyridine rings is 3. The Bertz CT molecular complexity index is 4540. The van der Waals surface area contributed by atoms with Gasteiger partial charge in [0.2, 0.25) is 0 Å². The SMILES string of the molecule is CNc1nc(=O)n(-c2ccc(C(C)Nc3nc(=O)n(-c4ccc(CNc5nc(=O)n(-c6cccc(C)n6)c6c7cc(Cl)ccc7n(C)c56)nc4)c4c5cc(Cl)ccc5n(C)c34)c(C)n2)c2c1oc1ccc(Cl)cc12. The summed E-state index contributed by atoms with van der Waals surface area (Å²) in [6.07, 6.45) is 1.61. The fraction of sp³-hybridized carbons (Fsp3) is 0.151. The van der Waals surface area contributed by atoms with Gasteiger partial charge in [0, 0.05) is 63.8 Å². The van der Waals surface area contributed by atoms with Gasteiger partial charge in [0.1, 0.15) is 33.8 Å². The van der Waals surface area contributed by atoms with Gasteiger partial charge >= 0.3 is 17.1 Å². The largest absolute Gasteiger partial charge is 0.450 e. The van der Waals surface area contributed by atoms with E-state index in [1.807, 2.05) is 86.5 Å². The number of benzene rings is 3. The summed E-state index contributed by atoms with van der Waals surface area (Å²) < 4.78 is 14.5. The third kappa shape index (κ3) is 7.43. The van der Waals surface area contributed by atoms with E-state index in [4.69, 9.17) is 49.2 Å². The van der Waals surface area contributed by atoms with Crippen molar-refractivity contribution >= 4 is 118 Å². The molecule has 0 radical (unpaired) electrons. The zero-order valence-corrected chi connectivity index (χ0v) is 42.6. The third-order valence-electron chi connectivity index (χ3n) is 13.4. The van der Waals surface area contributed by atoms with Gasteiger partial charge in [0.15, 0.2) is 23.0 Å². The van der Waals surface area contributed by atoms with Crippen molar-refractivity contribution in [2.75, 3.05) is 23.0 Å². The normalized spacial score (nSPS) is 12.3. The van der Waals surface area contributed by atoms with Gasteiger partial charge in [-0.2, -0.15) is 15.0 Å². The van der Waals surface area contributed by atoms with Crippen molar-refractivity contribution in [1.82, 2.24) is 52.7 Å². The van der Waals surface area contributed by atoms with Gasteiger partial charge in [-0.3, -0.25) is 9.55 Å². The van der Waals surface area contributed by atoms with Crippen LogP contribution in [0.5, 0.6) is 0 Å². The minimum absolute atomic E-state index is 0.189. The van der Waals surface area contributed by atoms with E-state index in [2.05, 4.69) is 35.9 Å². The number of rotatable bonds is 10. The van der Waals surface area contributed by atoms with Gasteiger partial charge in [-0.05, 0) is 111 Å². The van der Waals surface area contributed by atoms with Crippen molar-refractivity contribution in [3.05, 3.63) is 172 Å².